The van der Waals surface area contributed by atoms with E-state index in [4.69, 9.17) is 4.98 Å². The average molecular weight is 388 g/mol. The lowest BCUT2D eigenvalue weighted by Gasteiger charge is -2.12. The summed E-state index contributed by atoms with van der Waals surface area (Å²) in [6.07, 6.45) is 2.14. The topological polar surface area (TPSA) is 16.8 Å². The summed E-state index contributed by atoms with van der Waals surface area (Å²) in [5, 5.41) is 2.47. The molecule has 0 aliphatic carbocycles. The Morgan fingerprint density at radius 3 is 2.17 bits per heavy atom. The third-order valence-corrected chi connectivity index (χ3v) is 5.62. The highest BCUT2D eigenvalue weighted by molar-refractivity contribution is 5.87. The molecule has 0 saturated carbocycles. The highest BCUT2D eigenvalue weighted by Gasteiger charge is 2.23. The molecule has 30 heavy (non-hydrogen) atoms. The zero-order valence-electron chi connectivity index (χ0n) is 17.2. The van der Waals surface area contributed by atoms with Crippen LogP contribution in [0.3, 0.4) is 0 Å². The van der Waals surface area contributed by atoms with Gasteiger partial charge in [-0.1, -0.05) is 84.9 Å². The van der Waals surface area contributed by atoms with Gasteiger partial charge in [-0.05, 0) is 35.4 Å². The largest absolute Gasteiger partial charge is 0.239 e. The van der Waals surface area contributed by atoms with Gasteiger partial charge in [-0.3, -0.25) is 0 Å². The summed E-state index contributed by atoms with van der Waals surface area (Å²) in [5.41, 5.74) is 7.79. The van der Waals surface area contributed by atoms with Crippen LogP contribution in [0.5, 0.6) is 0 Å². The van der Waals surface area contributed by atoms with Gasteiger partial charge in [0.15, 0.2) is 6.20 Å². The molecule has 0 aliphatic heterocycles. The molecule has 0 unspecified atom stereocenters. The molecule has 0 bridgehead atoms. The standard InChI is InChI=1S/C28H23N2/c1-20-10-6-9-15-25(20)28-27(22-12-4-3-5-13-22)29-26(19-30(28)2)24-17-16-21-11-7-8-14-23(21)18-24/h3-19H,1-2H3/q+1. The van der Waals surface area contributed by atoms with Gasteiger partial charge in [0.1, 0.15) is 18.4 Å². The van der Waals surface area contributed by atoms with Gasteiger partial charge in [-0.15, -0.1) is 0 Å². The van der Waals surface area contributed by atoms with Gasteiger partial charge >= 0.3 is 0 Å². The molecule has 0 N–H and O–H groups in total. The van der Waals surface area contributed by atoms with Crippen LogP contribution >= 0.6 is 0 Å². The van der Waals surface area contributed by atoms with Crippen molar-refractivity contribution < 1.29 is 4.57 Å². The lowest BCUT2D eigenvalue weighted by molar-refractivity contribution is -0.659. The van der Waals surface area contributed by atoms with Crippen LogP contribution in [0.25, 0.3) is 44.5 Å². The average Bonchev–Trinajstić information content (AvgIpc) is 2.79. The number of hydrogen-bond acceptors (Lipinski definition) is 1. The zero-order chi connectivity index (χ0) is 20.5. The molecule has 0 saturated heterocycles. The van der Waals surface area contributed by atoms with Crippen LogP contribution in [-0.4, -0.2) is 4.98 Å². The maximum atomic E-state index is 5.18. The third-order valence-electron chi connectivity index (χ3n) is 5.62. The molecule has 144 valence electrons. The number of rotatable bonds is 3. The van der Waals surface area contributed by atoms with E-state index in [-0.39, 0.29) is 0 Å². The number of aryl methyl sites for hydroxylation is 2. The summed E-state index contributed by atoms with van der Waals surface area (Å²) in [7, 11) is 2.11. The summed E-state index contributed by atoms with van der Waals surface area (Å²) >= 11 is 0. The van der Waals surface area contributed by atoms with Gasteiger partial charge in [-0.25, -0.2) is 4.98 Å². The van der Waals surface area contributed by atoms with E-state index in [9.17, 15) is 0 Å². The van der Waals surface area contributed by atoms with Crippen molar-refractivity contribution in [2.24, 2.45) is 7.05 Å². The predicted molar refractivity (Wildman–Crippen MR) is 124 cm³/mol. The molecule has 4 aromatic carbocycles. The van der Waals surface area contributed by atoms with Gasteiger partial charge in [0.25, 0.3) is 0 Å². The van der Waals surface area contributed by atoms with Crippen LogP contribution in [0, 0.1) is 6.92 Å². The van der Waals surface area contributed by atoms with E-state index < -0.39 is 0 Å². The Hall–Kier alpha value is -3.78. The van der Waals surface area contributed by atoms with E-state index in [1.54, 1.807) is 0 Å². The summed E-state index contributed by atoms with van der Waals surface area (Å²) < 4.78 is 2.21. The van der Waals surface area contributed by atoms with Crippen molar-refractivity contribution in [2.75, 3.05) is 0 Å². The zero-order valence-corrected chi connectivity index (χ0v) is 17.2. The Bertz CT molecular complexity index is 1350. The second kappa shape index (κ2) is 7.57. The molecule has 0 spiro atoms. The summed E-state index contributed by atoms with van der Waals surface area (Å²) in [6.45, 7) is 2.15. The quantitative estimate of drug-likeness (QED) is 0.329. The molecule has 0 atom stereocenters. The van der Waals surface area contributed by atoms with Crippen LogP contribution in [-0.2, 0) is 7.05 Å². The normalized spacial score (nSPS) is 11.0. The first-order chi connectivity index (χ1) is 14.7. The van der Waals surface area contributed by atoms with Gasteiger partial charge in [0.2, 0.25) is 5.69 Å². The Balaban J connectivity index is 1.77. The summed E-state index contributed by atoms with van der Waals surface area (Å²) in [5.74, 6) is 0. The molecular formula is C28H23N2+. The lowest BCUT2D eigenvalue weighted by atomic mass is 9.99. The molecule has 0 aliphatic rings. The fraction of sp³-hybridized carbons (Fsp3) is 0.0714. The van der Waals surface area contributed by atoms with E-state index in [1.807, 2.05) is 6.07 Å². The van der Waals surface area contributed by atoms with Crippen molar-refractivity contribution in [1.29, 1.82) is 0 Å². The number of fused-ring (bicyclic) bond motifs is 1. The van der Waals surface area contributed by atoms with Crippen molar-refractivity contribution in [3.05, 3.63) is 109 Å². The molecule has 0 fully saturated rings. The highest BCUT2D eigenvalue weighted by atomic mass is 15.0. The van der Waals surface area contributed by atoms with Crippen molar-refractivity contribution in [1.82, 2.24) is 4.98 Å². The molecule has 0 amide bonds. The molecule has 2 heteroatoms. The van der Waals surface area contributed by atoms with Crippen LogP contribution in [0.2, 0.25) is 0 Å². The molecule has 1 heterocycles. The van der Waals surface area contributed by atoms with Gasteiger partial charge in [0, 0.05) is 11.1 Å². The monoisotopic (exact) mass is 387 g/mol. The summed E-state index contributed by atoms with van der Waals surface area (Å²) in [4.78, 5) is 5.18. The lowest BCUT2D eigenvalue weighted by Crippen LogP contribution is -2.32. The van der Waals surface area contributed by atoms with Crippen LogP contribution in [0.1, 0.15) is 5.56 Å². The Morgan fingerprint density at radius 1 is 0.667 bits per heavy atom. The van der Waals surface area contributed by atoms with Gasteiger partial charge in [0.05, 0.1) is 5.56 Å². The first-order valence-corrected chi connectivity index (χ1v) is 10.2. The second-order valence-corrected chi connectivity index (χ2v) is 7.68. The van der Waals surface area contributed by atoms with Crippen LogP contribution < -0.4 is 4.57 Å². The molecular weight excluding hydrogens is 364 g/mol. The minimum Gasteiger partial charge on any atom is -0.234 e. The Kier molecular flexibility index (Phi) is 4.61. The number of aromatic nitrogens is 2. The van der Waals surface area contributed by atoms with Crippen molar-refractivity contribution in [2.45, 2.75) is 6.92 Å². The Labute approximate surface area is 177 Å². The fourth-order valence-electron chi connectivity index (χ4n) is 4.06. The first-order valence-electron chi connectivity index (χ1n) is 10.2. The van der Waals surface area contributed by atoms with Gasteiger partial charge in [-0.2, -0.15) is 4.57 Å². The highest BCUT2D eigenvalue weighted by Crippen LogP contribution is 2.32. The predicted octanol–water partition coefficient (Wildman–Crippen LogP) is 6.37. The smallest absolute Gasteiger partial charge is 0.234 e. The minimum absolute atomic E-state index is 0.972. The fourth-order valence-corrected chi connectivity index (χ4v) is 4.06. The van der Waals surface area contributed by atoms with E-state index in [0.29, 0.717) is 0 Å². The molecule has 5 rings (SSSR count). The number of nitrogens with zero attached hydrogens (tertiary/aromatic N) is 2. The molecule has 2 nitrogen and oxygen atoms in total. The number of benzene rings is 4. The maximum Gasteiger partial charge on any atom is 0.239 e. The van der Waals surface area contributed by atoms with Crippen LogP contribution in [0.15, 0.2) is 103 Å². The van der Waals surface area contributed by atoms with Crippen molar-refractivity contribution in [3.63, 3.8) is 0 Å². The van der Waals surface area contributed by atoms with E-state index in [2.05, 4.69) is 116 Å². The first kappa shape index (κ1) is 18.3. The SMILES string of the molecule is Cc1ccccc1-c1c(-c2ccccc2)nc(-c2ccc3ccccc3c2)c[n+]1C. The van der Waals surface area contributed by atoms with E-state index in [0.717, 1.165) is 28.2 Å². The second-order valence-electron chi connectivity index (χ2n) is 7.68. The minimum atomic E-state index is 0.972. The van der Waals surface area contributed by atoms with Crippen molar-refractivity contribution >= 4 is 10.8 Å². The van der Waals surface area contributed by atoms with E-state index in [1.165, 1.54) is 21.9 Å². The molecule has 1 aromatic heterocycles. The third kappa shape index (κ3) is 3.27. The van der Waals surface area contributed by atoms with Crippen LogP contribution in [0.4, 0.5) is 0 Å². The molecule has 0 radical (unpaired) electrons. The van der Waals surface area contributed by atoms with E-state index >= 15 is 0 Å². The van der Waals surface area contributed by atoms with Gasteiger partial charge < -0.3 is 0 Å². The number of hydrogen-bond donors (Lipinski definition) is 0. The van der Waals surface area contributed by atoms with Crippen molar-refractivity contribution in [3.8, 4) is 33.8 Å². The Morgan fingerprint density at radius 2 is 1.37 bits per heavy atom. The molecule has 5 aromatic rings. The maximum absolute atomic E-state index is 5.18. The summed E-state index contributed by atoms with van der Waals surface area (Å²) in [6, 6.07) is 34.0.